The molecule has 1 fully saturated rings. The Kier molecular flexibility index (Phi) is 5.34. The fourth-order valence-corrected chi connectivity index (χ4v) is 3.29. The number of nitrogens with zero attached hydrogens (tertiary/aromatic N) is 1. The minimum absolute atomic E-state index is 0.00707. The molecule has 3 rings (SSSR count). The van der Waals surface area contributed by atoms with E-state index < -0.39 is 5.41 Å². The van der Waals surface area contributed by atoms with E-state index in [9.17, 15) is 4.79 Å². The second kappa shape index (κ2) is 7.66. The molecule has 2 aromatic rings. The van der Waals surface area contributed by atoms with Gasteiger partial charge in [0.15, 0.2) is 0 Å². The number of ether oxygens (including phenoxy) is 2. The van der Waals surface area contributed by atoms with Crippen LogP contribution in [0, 0.1) is 6.92 Å². The van der Waals surface area contributed by atoms with Crippen LogP contribution in [0.15, 0.2) is 42.6 Å². The van der Waals surface area contributed by atoms with Crippen LogP contribution >= 0.6 is 0 Å². The van der Waals surface area contributed by atoms with Crippen molar-refractivity contribution in [1.29, 1.82) is 0 Å². The summed E-state index contributed by atoms with van der Waals surface area (Å²) in [5.41, 5.74) is 2.06. The Morgan fingerprint density at radius 2 is 2.00 bits per heavy atom. The normalized spacial score (nSPS) is 16.2. The fraction of sp³-hybridized carbons (Fsp3) is 0.400. The van der Waals surface area contributed by atoms with Crippen LogP contribution in [0.3, 0.4) is 0 Å². The highest BCUT2D eigenvalue weighted by molar-refractivity contribution is 5.99. The number of benzene rings is 1. The third kappa shape index (κ3) is 3.66. The number of nitrogens with one attached hydrogen (secondary N) is 1. The lowest BCUT2D eigenvalue weighted by Crippen LogP contribution is -2.44. The molecule has 0 atom stereocenters. The van der Waals surface area contributed by atoms with Gasteiger partial charge in [-0.15, -0.1) is 0 Å². The van der Waals surface area contributed by atoms with Gasteiger partial charge in [0.25, 0.3) is 0 Å². The molecule has 1 amide bonds. The number of rotatable bonds is 5. The maximum Gasteiger partial charge on any atom is 0.235 e. The van der Waals surface area contributed by atoms with Crippen molar-refractivity contribution in [2.24, 2.45) is 0 Å². The Hall–Kier alpha value is -2.40. The number of carbonyl (C=O) groups is 1. The highest BCUT2D eigenvalue weighted by Gasteiger charge is 2.41. The number of hydrogen-bond donors (Lipinski definition) is 1. The van der Waals surface area contributed by atoms with Gasteiger partial charge in [-0.05, 0) is 38.3 Å². The first-order valence-corrected chi connectivity index (χ1v) is 8.70. The monoisotopic (exact) mass is 340 g/mol. The van der Waals surface area contributed by atoms with Crippen LogP contribution in [0.25, 0.3) is 0 Å². The van der Waals surface area contributed by atoms with Gasteiger partial charge in [0, 0.05) is 18.8 Å². The van der Waals surface area contributed by atoms with E-state index in [1.165, 1.54) is 0 Å². The summed E-state index contributed by atoms with van der Waals surface area (Å²) in [5, 5.41) is 3.05. The van der Waals surface area contributed by atoms with Crippen molar-refractivity contribution in [2.75, 3.05) is 25.1 Å². The zero-order chi connectivity index (χ0) is 17.7. The number of hydrogen-bond acceptors (Lipinski definition) is 4. The Labute approximate surface area is 148 Å². The van der Waals surface area contributed by atoms with Crippen molar-refractivity contribution in [3.63, 3.8) is 0 Å². The van der Waals surface area contributed by atoms with Crippen molar-refractivity contribution in [2.45, 2.75) is 32.1 Å². The molecule has 1 aromatic carbocycles. The molecule has 0 radical (unpaired) electrons. The average molecular weight is 340 g/mol. The average Bonchev–Trinajstić information content (AvgIpc) is 2.65. The molecule has 5 heteroatoms. The van der Waals surface area contributed by atoms with Gasteiger partial charge in [-0.2, -0.15) is 0 Å². The molecule has 1 saturated heterocycles. The predicted octanol–water partition coefficient (Wildman–Crippen LogP) is 3.48. The van der Waals surface area contributed by atoms with Gasteiger partial charge in [0.1, 0.15) is 0 Å². The zero-order valence-corrected chi connectivity index (χ0v) is 14.7. The molecule has 1 aliphatic rings. The van der Waals surface area contributed by atoms with E-state index >= 15 is 0 Å². The van der Waals surface area contributed by atoms with Gasteiger partial charge in [-0.3, -0.25) is 4.79 Å². The number of aromatic nitrogens is 1. The van der Waals surface area contributed by atoms with Gasteiger partial charge in [0.05, 0.1) is 23.9 Å². The third-order valence-electron chi connectivity index (χ3n) is 4.68. The maximum atomic E-state index is 13.2. The summed E-state index contributed by atoms with van der Waals surface area (Å²) in [6.45, 7) is 5.59. The molecular weight excluding hydrogens is 316 g/mol. The van der Waals surface area contributed by atoms with Crippen LogP contribution in [0.2, 0.25) is 0 Å². The van der Waals surface area contributed by atoms with Crippen molar-refractivity contribution in [1.82, 2.24) is 4.98 Å². The van der Waals surface area contributed by atoms with Crippen LogP contribution in [-0.4, -0.2) is 30.7 Å². The smallest absolute Gasteiger partial charge is 0.235 e. The summed E-state index contributed by atoms with van der Waals surface area (Å²) in [7, 11) is 0. The van der Waals surface area contributed by atoms with Gasteiger partial charge in [-0.1, -0.05) is 30.3 Å². The Morgan fingerprint density at radius 3 is 2.64 bits per heavy atom. The highest BCUT2D eigenvalue weighted by atomic mass is 16.5. The topological polar surface area (TPSA) is 60.5 Å². The lowest BCUT2D eigenvalue weighted by atomic mass is 9.73. The molecule has 2 heterocycles. The van der Waals surface area contributed by atoms with Gasteiger partial charge >= 0.3 is 0 Å². The molecule has 0 bridgehead atoms. The molecule has 1 aliphatic heterocycles. The van der Waals surface area contributed by atoms with Crippen LogP contribution in [0.5, 0.6) is 5.88 Å². The number of amides is 1. The largest absolute Gasteiger partial charge is 0.478 e. The third-order valence-corrected chi connectivity index (χ3v) is 4.68. The van der Waals surface area contributed by atoms with Crippen molar-refractivity contribution >= 4 is 11.6 Å². The predicted molar refractivity (Wildman–Crippen MR) is 96.9 cm³/mol. The lowest BCUT2D eigenvalue weighted by molar-refractivity contribution is -0.125. The highest BCUT2D eigenvalue weighted by Crippen LogP contribution is 2.36. The molecule has 0 aliphatic carbocycles. The van der Waals surface area contributed by atoms with Gasteiger partial charge < -0.3 is 14.8 Å². The molecule has 132 valence electrons. The second-order valence-corrected chi connectivity index (χ2v) is 6.29. The van der Waals surface area contributed by atoms with Gasteiger partial charge in [-0.25, -0.2) is 4.98 Å². The standard InChI is InChI=1S/C20H24N2O3/c1-3-25-18-15(2)13-17(14-21-18)22-19(23)20(9-11-24-12-10-20)16-7-5-4-6-8-16/h4-8,13-14H,3,9-12H2,1-2H3,(H,22,23). The van der Waals surface area contributed by atoms with Crippen molar-refractivity contribution in [3.8, 4) is 5.88 Å². The first-order valence-electron chi connectivity index (χ1n) is 8.70. The number of aryl methyl sites for hydroxylation is 1. The molecule has 0 unspecified atom stereocenters. The molecule has 1 aromatic heterocycles. The maximum absolute atomic E-state index is 13.2. The SMILES string of the molecule is CCOc1ncc(NC(=O)C2(c3ccccc3)CCOCC2)cc1C. The molecular formula is C20H24N2O3. The lowest BCUT2D eigenvalue weighted by Gasteiger charge is -2.36. The Morgan fingerprint density at radius 1 is 1.28 bits per heavy atom. The minimum Gasteiger partial charge on any atom is -0.478 e. The fourth-order valence-electron chi connectivity index (χ4n) is 3.29. The van der Waals surface area contributed by atoms with Crippen molar-refractivity contribution < 1.29 is 14.3 Å². The molecule has 0 saturated carbocycles. The first kappa shape index (κ1) is 17.4. The quantitative estimate of drug-likeness (QED) is 0.905. The van der Waals surface area contributed by atoms with E-state index in [0.717, 1.165) is 11.1 Å². The van der Waals surface area contributed by atoms with Crippen LogP contribution in [-0.2, 0) is 14.9 Å². The van der Waals surface area contributed by atoms with Crippen molar-refractivity contribution in [3.05, 3.63) is 53.7 Å². The first-order chi connectivity index (χ1) is 12.2. The number of anilines is 1. The van der Waals surface area contributed by atoms with E-state index in [4.69, 9.17) is 9.47 Å². The summed E-state index contributed by atoms with van der Waals surface area (Å²) < 4.78 is 11.0. The van der Waals surface area contributed by atoms with E-state index in [-0.39, 0.29) is 5.91 Å². The second-order valence-electron chi connectivity index (χ2n) is 6.29. The van der Waals surface area contributed by atoms with E-state index in [1.807, 2.05) is 50.2 Å². The van der Waals surface area contributed by atoms with E-state index in [1.54, 1.807) is 6.20 Å². The molecule has 25 heavy (non-hydrogen) atoms. The number of carbonyl (C=O) groups excluding carboxylic acids is 1. The van der Waals surface area contributed by atoms with Crippen LogP contribution in [0.4, 0.5) is 5.69 Å². The Balaban J connectivity index is 1.85. The van der Waals surface area contributed by atoms with Crippen LogP contribution in [0.1, 0.15) is 30.9 Å². The molecule has 0 spiro atoms. The summed E-state index contributed by atoms with van der Waals surface area (Å²) in [4.78, 5) is 17.5. The summed E-state index contributed by atoms with van der Waals surface area (Å²) in [5.74, 6) is 0.594. The Bertz CT molecular complexity index is 725. The summed E-state index contributed by atoms with van der Waals surface area (Å²) in [6, 6.07) is 11.9. The van der Waals surface area contributed by atoms with Crippen LogP contribution < -0.4 is 10.1 Å². The van der Waals surface area contributed by atoms with Gasteiger partial charge in [0.2, 0.25) is 11.8 Å². The van der Waals surface area contributed by atoms with E-state index in [0.29, 0.717) is 44.2 Å². The molecule has 5 nitrogen and oxygen atoms in total. The summed E-state index contributed by atoms with van der Waals surface area (Å²) >= 11 is 0. The number of pyridine rings is 1. The summed E-state index contributed by atoms with van der Waals surface area (Å²) in [6.07, 6.45) is 2.99. The zero-order valence-electron chi connectivity index (χ0n) is 14.7. The van der Waals surface area contributed by atoms with E-state index in [2.05, 4.69) is 10.3 Å². The minimum atomic E-state index is -0.563. The molecule has 1 N–H and O–H groups in total.